The zero-order chi connectivity index (χ0) is 12.3. The maximum atomic E-state index is 12.0. The molecule has 16 heavy (non-hydrogen) atoms. The van der Waals surface area contributed by atoms with Crippen LogP contribution in [0.25, 0.3) is 0 Å². The Kier molecular flexibility index (Phi) is 4.25. The summed E-state index contributed by atoms with van der Waals surface area (Å²) >= 11 is 0. The average molecular weight is 220 g/mol. The van der Waals surface area contributed by atoms with Crippen LogP contribution in [-0.2, 0) is 0 Å². The van der Waals surface area contributed by atoms with Gasteiger partial charge < -0.3 is 5.11 Å². The van der Waals surface area contributed by atoms with Crippen LogP contribution in [-0.4, -0.2) is 17.0 Å². The van der Waals surface area contributed by atoms with E-state index in [0.29, 0.717) is 12.0 Å². The highest BCUT2D eigenvalue weighted by atomic mass is 16.3. The largest absolute Gasteiger partial charge is 0.385 e. The molecule has 0 aliphatic carbocycles. The summed E-state index contributed by atoms with van der Waals surface area (Å²) in [5, 5.41) is 9.71. The van der Waals surface area contributed by atoms with E-state index in [2.05, 4.69) is 0 Å². The Morgan fingerprint density at radius 3 is 2.31 bits per heavy atom. The fourth-order valence-electron chi connectivity index (χ4n) is 1.81. The van der Waals surface area contributed by atoms with Crippen molar-refractivity contribution in [1.82, 2.24) is 0 Å². The molecular weight excluding hydrogens is 200 g/mol. The predicted octanol–water partition coefficient (Wildman–Crippen LogP) is 2.96. The van der Waals surface area contributed by atoms with Crippen molar-refractivity contribution in [3.63, 3.8) is 0 Å². The summed E-state index contributed by atoms with van der Waals surface area (Å²) in [4.78, 5) is 12.0. The Labute approximate surface area is 97.3 Å². The molecule has 0 saturated heterocycles. The van der Waals surface area contributed by atoms with Gasteiger partial charge in [-0.1, -0.05) is 19.4 Å². The van der Waals surface area contributed by atoms with Crippen molar-refractivity contribution < 1.29 is 9.90 Å². The van der Waals surface area contributed by atoms with Gasteiger partial charge in [0.05, 0.1) is 0 Å². The molecule has 0 heterocycles. The lowest BCUT2D eigenvalue weighted by atomic mass is 9.94. The van der Waals surface area contributed by atoms with E-state index in [0.717, 1.165) is 17.5 Å². The normalized spacial score (nSPS) is 12.6. The van der Waals surface area contributed by atoms with Crippen LogP contribution >= 0.6 is 0 Å². The number of carbonyl (C=O) groups is 1. The van der Waals surface area contributed by atoms with E-state index in [-0.39, 0.29) is 5.78 Å². The molecule has 1 rings (SSSR count). The lowest BCUT2D eigenvalue weighted by Gasteiger charge is -2.12. The van der Waals surface area contributed by atoms with Crippen molar-refractivity contribution in [1.29, 1.82) is 0 Å². The molecule has 0 aliphatic rings. The number of aliphatic hydroxyl groups is 1. The van der Waals surface area contributed by atoms with Gasteiger partial charge in [-0.05, 0) is 49.9 Å². The molecule has 2 nitrogen and oxygen atoms in total. The lowest BCUT2D eigenvalue weighted by molar-refractivity contribution is 0.0728. The van der Waals surface area contributed by atoms with E-state index in [1.54, 1.807) is 0 Å². The van der Waals surface area contributed by atoms with E-state index in [9.17, 15) is 9.90 Å². The number of carbonyl (C=O) groups excluding carboxylic acids is 1. The number of rotatable bonds is 4. The van der Waals surface area contributed by atoms with Crippen molar-refractivity contribution in [3.8, 4) is 0 Å². The molecule has 88 valence electrons. The van der Waals surface area contributed by atoms with Gasteiger partial charge in [0.1, 0.15) is 6.10 Å². The van der Waals surface area contributed by atoms with Crippen LogP contribution in [0.3, 0.4) is 0 Å². The number of hydrogen-bond acceptors (Lipinski definition) is 2. The third-order valence-electron chi connectivity index (χ3n) is 2.97. The predicted molar refractivity (Wildman–Crippen MR) is 65.9 cm³/mol. The molecule has 1 aromatic rings. The van der Waals surface area contributed by atoms with Gasteiger partial charge in [-0.15, -0.1) is 0 Å². The second-order valence-electron chi connectivity index (χ2n) is 4.42. The standard InChI is InChI=1S/C14H20O2/c1-5-6-13(15)14(16)12-8-10(3)9(2)7-11(12)4/h7-8,13,15H,5-6H2,1-4H3. The second kappa shape index (κ2) is 5.26. The van der Waals surface area contributed by atoms with E-state index in [1.807, 2.05) is 39.8 Å². The van der Waals surface area contributed by atoms with Gasteiger partial charge in [-0.2, -0.15) is 0 Å². The molecule has 0 amide bonds. The second-order valence-corrected chi connectivity index (χ2v) is 4.42. The molecule has 2 heteroatoms. The fourth-order valence-corrected chi connectivity index (χ4v) is 1.81. The van der Waals surface area contributed by atoms with Gasteiger partial charge in [0, 0.05) is 5.56 Å². The van der Waals surface area contributed by atoms with E-state index < -0.39 is 6.10 Å². The Hall–Kier alpha value is -1.15. The molecule has 0 aliphatic heterocycles. The minimum atomic E-state index is -0.856. The lowest BCUT2D eigenvalue weighted by Crippen LogP contribution is -2.21. The topological polar surface area (TPSA) is 37.3 Å². The molecule has 1 unspecified atom stereocenters. The summed E-state index contributed by atoms with van der Waals surface area (Å²) in [7, 11) is 0. The summed E-state index contributed by atoms with van der Waals surface area (Å²) in [5.41, 5.74) is 3.88. The first-order valence-electron chi connectivity index (χ1n) is 5.77. The Bertz CT molecular complexity index is 394. The third-order valence-corrected chi connectivity index (χ3v) is 2.97. The summed E-state index contributed by atoms with van der Waals surface area (Å²) in [6.07, 6.45) is 0.493. The number of aryl methyl sites for hydroxylation is 3. The van der Waals surface area contributed by atoms with Crippen LogP contribution in [0.15, 0.2) is 12.1 Å². The van der Waals surface area contributed by atoms with Gasteiger partial charge in [-0.25, -0.2) is 0 Å². The van der Waals surface area contributed by atoms with Crippen molar-refractivity contribution in [2.75, 3.05) is 0 Å². The Balaban J connectivity index is 3.04. The maximum Gasteiger partial charge on any atom is 0.191 e. The first kappa shape index (κ1) is 12.9. The van der Waals surface area contributed by atoms with Crippen LogP contribution in [0, 0.1) is 20.8 Å². The molecular formula is C14H20O2. The zero-order valence-corrected chi connectivity index (χ0v) is 10.5. The molecule has 0 radical (unpaired) electrons. The van der Waals surface area contributed by atoms with Gasteiger partial charge >= 0.3 is 0 Å². The molecule has 1 N–H and O–H groups in total. The summed E-state index contributed by atoms with van der Waals surface area (Å²) < 4.78 is 0. The first-order valence-corrected chi connectivity index (χ1v) is 5.77. The number of hydrogen-bond donors (Lipinski definition) is 1. The number of ketones is 1. The molecule has 1 atom stereocenters. The SMILES string of the molecule is CCCC(O)C(=O)c1cc(C)c(C)cc1C. The van der Waals surface area contributed by atoms with Gasteiger partial charge in [-0.3, -0.25) is 4.79 Å². The van der Waals surface area contributed by atoms with E-state index in [4.69, 9.17) is 0 Å². The van der Waals surface area contributed by atoms with Gasteiger partial charge in [0.25, 0.3) is 0 Å². The molecule has 0 aromatic heterocycles. The van der Waals surface area contributed by atoms with Crippen LogP contribution in [0.5, 0.6) is 0 Å². The summed E-state index contributed by atoms with van der Waals surface area (Å²) in [6, 6.07) is 3.88. The Morgan fingerprint density at radius 2 is 1.75 bits per heavy atom. The molecule has 0 bridgehead atoms. The summed E-state index contributed by atoms with van der Waals surface area (Å²) in [6.45, 7) is 7.89. The first-order chi connectivity index (χ1) is 7.47. The van der Waals surface area contributed by atoms with Crippen LogP contribution in [0.4, 0.5) is 0 Å². The molecule has 0 spiro atoms. The maximum absolute atomic E-state index is 12.0. The average Bonchev–Trinajstić information content (AvgIpc) is 2.23. The van der Waals surface area contributed by atoms with E-state index in [1.165, 1.54) is 5.56 Å². The quantitative estimate of drug-likeness (QED) is 0.792. The highest BCUT2D eigenvalue weighted by Gasteiger charge is 2.18. The van der Waals surface area contributed by atoms with Crippen LogP contribution in [0.2, 0.25) is 0 Å². The van der Waals surface area contributed by atoms with E-state index >= 15 is 0 Å². The molecule has 0 saturated carbocycles. The van der Waals surface area contributed by atoms with Gasteiger partial charge in [0.2, 0.25) is 0 Å². The highest BCUT2D eigenvalue weighted by molar-refractivity contribution is 6.00. The van der Waals surface area contributed by atoms with Crippen molar-refractivity contribution in [2.24, 2.45) is 0 Å². The molecule has 1 aromatic carbocycles. The minimum Gasteiger partial charge on any atom is -0.385 e. The molecule has 0 fully saturated rings. The minimum absolute atomic E-state index is 0.151. The third kappa shape index (κ3) is 2.70. The van der Waals surface area contributed by atoms with Crippen LogP contribution in [0.1, 0.15) is 46.8 Å². The van der Waals surface area contributed by atoms with Crippen molar-refractivity contribution >= 4 is 5.78 Å². The smallest absolute Gasteiger partial charge is 0.191 e. The number of aliphatic hydroxyl groups excluding tert-OH is 1. The fraction of sp³-hybridized carbons (Fsp3) is 0.500. The van der Waals surface area contributed by atoms with Crippen molar-refractivity contribution in [3.05, 3.63) is 34.4 Å². The van der Waals surface area contributed by atoms with Crippen molar-refractivity contribution in [2.45, 2.75) is 46.6 Å². The monoisotopic (exact) mass is 220 g/mol. The number of Topliss-reactive ketones (excluding diaryl/α,β-unsaturated/α-hetero) is 1. The summed E-state index contributed by atoms with van der Waals surface area (Å²) in [5.74, 6) is -0.151. The Morgan fingerprint density at radius 1 is 1.19 bits per heavy atom. The zero-order valence-electron chi connectivity index (χ0n) is 10.5. The highest BCUT2D eigenvalue weighted by Crippen LogP contribution is 2.18. The van der Waals surface area contributed by atoms with Gasteiger partial charge in [0.15, 0.2) is 5.78 Å². The van der Waals surface area contributed by atoms with Crippen LogP contribution < -0.4 is 0 Å². The number of benzene rings is 1.